The topological polar surface area (TPSA) is 53.1 Å². The molecule has 0 saturated heterocycles. The van der Waals surface area contributed by atoms with Crippen molar-refractivity contribution in [2.75, 3.05) is 6.61 Å². The normalized spacial score (nSPS) is 12.4. The average molecular weight is 273 g/mol. The van der Waals surface area contributed by atoms with Crippen molar-refractivity contribution in [2.24, 2.45) is 5.73 Å². The second kappa shape index (κ2) is 6.09. The molecule has 1 atom stereocenters. The van der Waals surface area contributed by atoms with Crippen LogP contribution < -0.4 is 10.5 Å². The van der Waals surface area contributed by atoms with Gasteiger partial charge in [-0.25, -0.2) is 0 Å². The molecule has 2 N–H and O–H groups in total. The van der Waals surface area contributed by atoms with Gasteiger partial charge in [0.15, 0.2) is 0 Å². The molecular formula is C16H23N3O. The highest BCUT2D eigenvalue weighted by Crippen LogP contribution is 2.24. The first kappa shape index (κ1) is 14.6. The van der Waals surface area contributed by atoms with E-state index in [4.69, 9.17) is 10.5 Å². The molecule has 2 aromatic rings. The molecule has 0 saturated carbocycles. The van der Waals surface area contributed by atoms with Crippen LogP contribution in [0.1, 0.15) is 42.4 Å². The number of benzene rings is 1. The summed E-state index contributed by atoms with van der Waals surface area (Å²) in [7, 11) is 0. The Morgan fingerprint density at radius 2 is 2.05 bits per heavy atom. The SMILES string of the molecule is CCOc1ccc(C(C)N)cc1Cn1nc(C)cc1C. The summed E-state index contributed by atoms with van der Waals surface area (Å²) < 4.78 is 7.71. The summed E-state index contributed by atoms with van der Waals surface area (Å²) in [5.74, 6) is 0.907. The third kappa shape index (κ3) is 3.20. The van der Waals surface area contributed by atoms with Crippen LogP contribution in [0.15, 0.2) is 24.3 Å². The first-order chi connectivity index (χ1) is 9.51. The Balaban J connectivity index is 2.36. The van der Waals surface area contributed by atoms with E-state index in [1.165, 1.54) is 0 Å². The maximum Gasteiger partial charge on any atom is 0.124 e. The lowest BCUT2D eigenvalue weighted by atomic mass is 10.0. The Hall–Kier alpha value is -1.81. The Morgan fingerprint density at radius 3 is 2.60 bits per heavy atom. The standard InChI is InChI=1S/C16H23N3O/c1-5-20-16-7-6-14(13(4)17)9-15(16)10-19-12(3)8-11(2)18-19/h6-9,13H,5,10,17H2,1-4H3. The molecule has 0 aliphatic rings. The molecular weight excluding hydrogens is 250 g/mol. The lowest BCUT2D eigenvalue weighted by Gasteiger charge is -2.14. The van der Waals surface area contributed by atoms with E-state index in [1.807, 2.05) is 37.6 Å². The molecule has 20 heavy (non-hydrogen) atoms. The van der Waals surface area contributed by atoms with Gasteiger partial charge in [-0.15, -0.1) is 0 Å². The molecule has 0 spiro atoms. The van der Waals surface area contributed by atoms with Gasteiger partial charge in [0.2, 0.25) is 0 Å². The van der Waals surface area contributed by atoms with Crippen molar-refractivity contribution in [1.82, 2.24) is 9.78 Å². The fourth-order valence-corrected chi connectivity index (χ4v) is 2.30. The van der Waals surface area contributed by atoms with Gasteiger partial charge >= 0.3 is 0 Å². The molecule has 2 rings (SSSR count). The van der Waals surface area contributed by atoms with E-state index >= 15 is 0 Å². The molecule has 0 fully saturated rings. The quantitative estimate of drug-likeness (QED) is 0.911. The van der Waals surface area contributed by atoms with Crippen LogP contribution in [0.25, 0.3) is 0 Å². The van der Waals surface area contributed by atoms with E-state index in [9.17, 15) is 0 Å². The van der Waals surface area contributed by atoms with E-state index in [-0.39, 0.29) is 6.04 Å². The molecule has 1 heterocycles. The van der Waals surface area contributed by atoms with Gasteiger partial charge < -0.3 is 10.5 Å². The van der Waals surface area contributed by atoms with Crippen LogP contribution >= 0.6 is 0 Å². The minimum absolute atomic E-state index is 0.0184. The van der Waals surface area contributed by atoms with Crippen LogP contribution in [0, 0.1) is 13.8 Å². The van der Waals surface area contributed by atoms with Crippen molar-refractivity contribution in [3.63, 3.8) is 0 Å². The first-order valence-electron chi connectivity index (χ1n) is 7.03. The molecule has 4 nitrogen and oxygen atoms in total. The second-order valence-electron chi connectivity index (χ2n) is 5.17. The van der Waals surface area contributed by atoms with Crippen molar-refractivity contribution >= 4 is 0 Å². The highest BCUT2D eigenvalue weighted by Gasteiger charge is 2.10. The molecule has 0 amide bonds. The van der Waals surface area contributed by atoms with Gasteiger partial charge in [0, 0.05) is 17.3 Å². The number of nitrogens with two attached hydrogens (primary N) is 1. The van der Waals surface area contributed by atoms with Gasteiger partial charge in [0.25, 0.3) is 0 Å². The molecule has 4 heteroatoms. The molecule has 1 unspecified atom stereocenters. The Bertz CT molecular complexity index is 587. The summed E-state index contributed by atoms with van der Waals surface area (Å²) in [6, 6.07) is 8.25. The van der Waals surface area contributed by atoms with E-state index in [0.29, 0.717) is 13.2 Å². The zero-order valence-electron chi connectivity index (χ0n) is 12.7. The van der Waals surface area contributed by atoms with Crippen molar-refractivity contribution < 1.29 is 4.74 Å². The van der Waals surface area contributed by atoms with Crippen LogP contribution in [-0.4, -0.2) is 16.4 Å². The van der Waals surface area contributed by atoms with Crippen LogP contribution in [0.2, 0.25) is 0 Å². The van der Waals surface area contributed by atoms with E-state index < -0.39 is 0 Å². The van der Waals surface area contributed by atoms with Crippen molar-refractivity contribution in [2.45, 2.75) is 40.3 Å². The fraction of sp³-hybridized carbons (Fsp3) is 0.438. The zero-order chi connectivity index (χ0) is 14.7. The molecule has 0 aliphatic heterocycles. The van der Waals surface area contributed by atoms with Gasteiger partial charge in [-0.1, -0.05) is 6.07 Å². The van der Waals surface area contributed by atoms with E-state index in [1.54, 1.807) is 0 Å². The monoisotopic (exact) mass is 273 g/mol. The zero-order valence-corrected chi connectivity index (χ0v) is 12.7. The highest BCUT2D eigenvalue weighted by molar-refractivity contribution is 5.38. The van der Waals surface area contributed by atoms with Crippen LogP contribution in [0.4, 0.5) is 0 Å². The second-order valence-corrected chi connectivity index (χ2v) is 5.17. The summed E-state index contributed by atoms with van der Waals surface area (Å²) in [6.07, 6.45) is 0. The maximum atomic E-state index is 5.97. The summed E-state index contributed by atoms with van der Waals surface area (Å²) in [5.41, 5.74) is 10.4. The number of nitrogens with zero attached hydrogens (tertiary/aromatic N) is 2. The number of aryl methyl sites for hydroxylation is 2. The molecule has 0 aliphatic carbocycles. The maximum absolute atomic E-state index is 5.97. The fourth-order valence-electron chi connectivity index (χ4n) is 2.30. The van der Waals surface area contributed by atoms with Gasteiger partial charge in [0.05, 0.1) is 18.8 Å². The third-order valence-electron chi connectivity index (χ3n) is 3.33. The summed E-state index contributed by atoms with van der Waals surface area (Å²) in [5, 5.41) is 4.51. The number of ether oxygens (including phenoxy) is 1. The average Bonchev–Trinajstić information content (AvgIpc) is 2.70. The molecule has 1 aromatic heterocycles. The lowest BCUT2D eigenvalue weighted by molar-refractivity contribution is 0.335. The van der Waals surface area contributed by atoms with Crippen molar-refractivity contribution in [1.29, 1.82) is 0 Å². The van der Waals surface area contributed by atoms with E-state index in [2.05, 4.69) is 24.2 Å². The van der Waals surface area contributed by atoms with Crippen LogP contribution in [0.3, 0.4) is 0 Å². The Kier molecular flexibility index (Phi) is 4.45. The Morgan fingerprint density at radius 1 is 1.30 bits per heavy atom. The minimum atomic E-state index is 0.0184. The predicted octanol–water partition coefficient (Wildman–Crippen LogP) is 2.97. The van der Waals surface area contributed by atoms with Gasteiger partial charge in [-0.05, 0) is 51.5 Å². The number of hydrogen-bond acceptors (Lipinski definition) is 3. The number of aromatic nitrogens is 2. The smallest absolute Gasteiger partial charge is 0.124 e. The lowest BCUT2D eigenvalue weighted by Crippen LogP contribution is -2.10. The van der Waals surface area contributed by atoms with Crippen LogP contribution in [-0.2, 0) is 6.54 Å². The number of hydrogen-bond donors (Lipinski definition) is 1. The van der Waals surface area contributed by atoms with Crippen LogP contribution in [0.5, 0.6) is 5.75 Å². The summed E-state index contributed by atoms with van der Waals surface area (Å²) >= 11 is 0. The van der Waals surface area contributed by atoms with E-state index in [0.717, 1.165) is 28.3 Å². The molecule has 108 valence electrons. The predicted molar refractivity (Wildman–Crippen MR) is 81.0 cm³/mol. The number of rotatable bonds is 5. The molecule has 0 radical (unpaired) electrons. The van der Waals surface area contributed by atoms with Crippen molar-refractivity contribution in [3.8, 4) is 5.75 Å². The molecule has 1 aromatic carbocycles. The first-order valence-corrected chi connectivity index (χ1v) is 7.03. The summed E-state index contributed by atoms with van der Waals surface area (Å²) in [6.45, 7) is 9.41. The largest absolute Gasteiger partial charge is 0.494 e. The van der Waals surface area contributed by atoms with Gasteiger partial charge in [-0.2, -0.15) is 5.10 Å². The third-order valence-corrected chi connectivity index (χ3v) is 3.33. The molecule has 0 bridgehead atoms. The minimum Gasteiger partial charge on any atom is -0.494 e. The van der Waals surface area contributed by atoms with Gasteiger partial charge in [0.1, 0.15) is 5.75 Å². The summed E-state index contributed by atoms with van der Waals surface area (Å²) in [4.78, 5) is 0. The van der Waals surface area contributed by atoms with Crippen molar-refractivity contribution in [3.05, 3.63) is 46.8 Å². The van der Waals surface area contributed by atoms with Gasteiger partial charge in [-0.3, -0.25) is 4.68 Å². The Labute approximate surface area is 120 Å². The highest BCUT2D eigenvalue weighted by atomic mass is 16.5.